The van der Waals surface area contributed by atoms with Crippen molar-refractivity contribution in [1.82, 2.24) is 0 Å². The van der Waals surface area contributed by atoms with Crippen LogP contribution in [0.2, 0.25) is 0 Å². The Labute approximate surface area is 132 Å². The van der Waals surface area contributed by atoms with Gasteiger partial charge in [0.05, 0.1) is 5.69 Å². The van der Waals surface area contributed by atoms with E-state index in [2.05, 4.69) is 47.0 Å². The molecule has 4 heteroatoms. The van der Waals surface area contributed by atoms with E-state index in [1.807, 2.05) is 47.8 Å². The summed E-state index contributed by atoms with van der Waals surface area (Å²) in [5, 5.41) is 4.98. The lowest BCUT2D eigenvalue weighted by Crippen LogP contribution is -2.86. The summed E-state index contributed by atoms with van der Waals surface area (Å²) >= 11 is 2.22. The number of nitrogens with two attached hydrogens (primary N) is 1. The molecule has 0 radical (unpaired) electrons. The quantitative estimate of drug-likeness (QED) is 0.769. The lowest BCUT2D eigenvalue weighted by atomic mass is 10.1. The van der Waals surface area contributed by atoms with E-state index in [4.69, 9.17) is 0 Å². The first-order chi connectivity index (χ1) is 9.66. The summed E-state index contributed by atoms with van der Waals surface area (Å²) in [6.45, 7) is 2.52. The largest absolute Gasteiger partial charge is 0.333 e. The van der Waals surface area contributed by atoms with Gasteiger partial charge >= 0.3 is 0 Å². The molecule has 0 bridgehead atoms. The number of halogens is 1. The number of quaternary nitrogens is 1. The van der Waals surface area contributed by atoms with Crippen LogP contribution in [0.1, 0.15) is 18.5 Å². The summed E-state index contributed by atoms with van der Waals surface area (Å²) in [6.07, 6.45) is 0. The predicted molar refractivity (Wildman–Crippen MR) is 89.4 cm³/mol. The van der Waals surface area contributed by atoms with E-state index in [1.165, 1.54) is 5.56 Å². The van der Waals surface area contributed by atoms with Gasteiger partial charge in [-0.1, -0.05) is 42.5 Å². The fourth-order valence-electron chi connectivity index (χ4n) is 1.94. The number of rotatable bonds is 5. The summed E-state index contributed by atoms with van der Waals surface area (Å²) in [5.74, 6) is 0.0249. The van der Waals surface area contributed by atoms with Crippen molar-refractivity contribution in [2.24, 2.45) is 0 Å². The highest BCUT2D eigenvalue weighted by atomic mass is 127. The fraction of sp³-hybridized carbons (Fsp3) is 0.188. The van der Waals surface area contributed by atoms with Crippen molar-refractivity contribution in [3.05, 3.63) is 63.7 Å². The van der Waals surface area contributed by atoms with E-state index in [9.17, 15) is 4.79 Å². The molecule has 3 nitrogen and oxygen atoms in total. The Morgan fingerprint density at radius 1 is 1.15 bits per heavy atom. The van der Waals surface area contributed by atoms with E-state index >= 15 is 0 Å². The molecule has 0 unspecified atom stereocenters. The van der Waals surface area contributed by atoms with Gasteiger partial charge in [-0.25, -0.2) is 0 Å². The van der Waals surface area contributed by atoms with Gasteiger partial charge < -0.3 is 10.6 Å². The molecule has 1 amide bonds. The average molecular weight is 381 g/mol. The number of anilines is 1. The maximum atomic E-state index is 12.0. The Hall–Kier alpha value is -1.40. The number of amides is 1. The zero-order valence-corrected chi connectivity index (χ0v) is 13.5. The Morgan fingerprint density at radius 3 is 2.50 bits per heavy atom. The molecule has 0 saturated heterocycles. The second-order valence-corrected chi connectivity index (χ2v) is 5.83. The number of para-hydroxylation sites is 1. The van der Waals surface area contributed by atoms with E-state index in [-0.39, 0.29) is 11.9 Å². The highest BCUT2D eigenvalue weighted by Gasteiger charge is 2.11. The molecule has 0 fully saturated rings. The second-order valence-electron chi connectivity index (χ2n) is 4.67. The molecule has 2 rings (SSSR count). The van der Waals surface area contributed by atoms with Crippen LogP contribution in [0.15, 0.2) is 54.6 Å². The highest BCUT2D eigenvalue weighted by Crippen LogP contribution is 2.16. The van der Waals surface area contributed by atoms with Gasteiger partial charge in [0.15, 0.2) is 6.54 Å². The molecule has 2 aromatic carbocycles. The molecule has 0 aromatic heterocycles. The second kappa shape index (κ2) is 7.40. The molecule has 1 atom stereocenters. The lowest BCUT2D eigenvalue weighted by Gasteiger charge is -2.11. The summed E-state index contributed by atoms with van der Waals surface area (Å²) < 4.78 is 1.05. The minimum absolute atomic E-state index is 0.0249. The van der Waals surface area contributed by atoms with Gasteiger partial charge in [0.25, 0.3) is 5.91 Å². The normalized spacial score (nSPS) is 11.9. The number of benzene rings is 2. The van der Waals surface area contributed by atoms with Crippen molar-refractivity contribution in [1.29, 1.82) is 0 Å². The van der Waals surface area contributed by atoms with Gasteiger partial charge in [-0.05, 0) is 41.6 Å². The molecular formula is C16H18IN2O+. The van der Waals surface area contributed by atoms with Crippen molar-refractivity contribution < 1.29 is 10.1 Å². The van der Waals surface area contributed by atoms with Gasteiger partial charge in [-0.2, -0.15) is 0 Å². The third-order valence-corrected chi connectivity index (χ3v) is 4.07. The summed E-state index contributed by atoms with van der Waals surface area (Å²) in [7, 11) is 0. The minimum Gasteiger partial charge on any atom is -0.333 e. The molecule has 20 heavy (non-hydrogen) atoms. The number of hydrogen-bond acceptors (Lipinski definition) is 1. The van der Waals surface area contributed by atoms with Crippen molar-refractivity contribution in [3.8, 4) is 0 Å². The maximum absolute atomic E-state index is 12.0. The smallest absolute Gasteiger partial charge is 0.279 e. The Balaban J connectivity index is 1.85. The molecule has 0 aliphatic carbocycles. The van der Waals surface area contributed by atoms with Crippen LogP contribution < -0.4 is 10.6 Å². The molecule has 104 valence electrons. The summed E-state index contributed by atoms with van der Waals surface area (Å²) in [5.41, 5.74) is 2.11. The fourth-order valence-corrected chi connectivity index (χ4v) is 2.46. The van der Waals surface area contributed by atoms with Crippen LogP contribution in [0.5, 0.6) is 0 Å². The van der Waals surface area contributed by atoms with Gasteiger partial charge in [0, 0.05) is 9.13 Å². The lowest BCUT2D eigenvalue weighted by molar-refractivity contribution is -0.682. The number of carbonyl (C=O) groups is 1. The van der Waals surface area contributed by atoms with Gasteiger partial charge in [-0.15, -0.1) is 0 Å². The summed E-state index contributed by atoms with van der Waals surface area (Å²) in [4.78, 5) is 12.0. The van der Waals surface area contributed by atoms with E-state index in [0.717, 1.165) is 9.26 Å². The van der Waals surface area contributed by atoms with E-state index < -0.39 is 0 Å². The molecule has 0 aliphatic rings. The third-order valence-electron chi connectivity index (χ3n) is 3.13. The van der Waals surface area contributed by atoms with E-state index in [0.29, 0.717) is 6.54 Å². The molecular weight excluding hydrogens is 363 g/mol. The van der Waals surface area contributed by atoms with Gasteiger partial charge in [0.2, 0.25) is 0 Å². The summed E-state index contributed by atoms with van der Waals surface area (Å²) in [6, 6.07) is 18.3. The van der Waals surface area contributed by atoms with Crippen LogP contribution in [0.4, 0.5) is 5.69 Å². The zero-order valence-electron chi connectivity index (χ0n) is 11.3. The monoisotopic (exact) mass is 381 g/mol. The van der Waals surface area contributed by atoms with Crippen molar-refractivity contribution in [2.45, 2.75) is 13.0 Å². The number of hydrogen-bond donors (Lipinski definition) is 2. The van der Waals surface area contributed by atoms with Gasteiger partial charge in [0.1, 0.15) is 6.04 Å². The standard InChI is InChI=1S/C16H17IN2O/c1-12(13-7-3-2-4-8-13)18-11-16(20)19-15-10-6-5-9-14(15)17/h2-10,12,18H,11H2,1H3,(H,19,20)/p+1/t12-/m1/s1. The zero-order chi connectivity index (χ0) is 14.4. The van der Waals surface area contributed by atoms with Crippen LogP contribution in [0.25, 0.3) is 0 Å². The molecule has 0 aliphatic heterocycles. The predicted octanol–water partition coefficient (Wildman–Crippen LogP) is 2.55. The first-order valence-electron chi connectivity index (χ1n) is 6.59. The van der Waals surface area contributed by atoms with Crippen LogP contribution in [-0.2, 0) is 4.79 Å². The van der Waals surface area contributed by atoms with Crippen molar-refractivity contribution in [2.75, 3.05) is 11.9 Å². The van der Waals surface area contributed by atoms with Crippen LogP contribution in [-0.4, -0.2) is 12.5 Å². The SMILES string of the molecule is C[C@@H]([NH2+]CC(=O)Nc1ccccc1I)c1ccccc1. The van der Waals surface area contributed by atoms with Crippen LogP contribution in [0.3, 0.4) is 0 Å². The molecule has 0 spiro atoms. The number of nitrogens with one attached hydrogen (secondary N) is 1. The molecule has 2 aromatic rings. The Bertz CT molecular complexity index is 572. The molecule has 3 N–H and O–H groups in total. The van der Waals surface area contributed by atoms with Crippen molar-refractivity contribution in [3.63, 3.8) is 0 Å². The first kappa shape index (κ1) is 15.0. The van der Waals surface area contributed by atoms with Crippen LogP contribution >= 0.6 is 22.6 Å². The van der Waals surface area contributed by atoms with Crippen molar-refractivity contribution >= 4 is 34.2 Å². The third kappa shape index (κ3) is 4.31. The topological polar surface area (TPSA) is 45.7 Å². The first-order valence-corrected chi connectivity index (χ1v) is 7.67. The average Bonchev–Trinajstić information content (AvgIpc) is 2.48. The molecule has 0 heterocycles. The Morgan fingerprint density at radius 2 is 1.80 bits per heavy atom. The number of carbonyl (C=O) groups excluding carboxylic acids is 1. The Kier molecular flexibility index (Phi) is 5.55. The maximum Gasteiger partial charge on any atom is 0.279 e. The van der Waals surface area contributed by atoms with E-state index in [1.54, 1.807) is 0 Å². The minimum atomic E-state index is 0.0249. The van der Waals surface area contributed by atoms with Gasteiger partial charge in [-0.3, -0.25) is 4.79 Å². The molecule has 0 saturated carbocycles. The highest BCUT2D eigenvalue weighted by molar-refractivity contribution is 14.1. The van der Waals surface area contributed by atoms with Crippen LogP contribution in [0, 0.1) is 3.57 Å².